The summed E-state index contributed by atoms with van der Waals surface area (Å²) in [5.41, 5.74) is 1.34. The number of nitrogens with zero attached hydrogens (tertiary/aromatic N) is 1. The summed E-state index contributed by atoms with van der Waals surface area (Å²) in [4.78, 5) is 3.70. The highest BCUT2D eigenvalue weighted by molar-refractivity contribution is 7.91. The Kier molecular flexibility index (Phi) is 5.19. The number of fused-ring (bicyclic) bond motifs is 2. The predicted octanol–water partition coefficient (Wildman–Crippen LogP) is 3.78. The quantitative estimate of drug-likeness (QED) is 0.816. The number of rotatable bonds is 6. The first-order valence-electron chi connectivity index (χ1n) is 9.46. The van der Waals surface area contributed by atoms with Gasteiger partial charge in [0, 0.05) is 29.5 Å². The maximum Gasteiger partial charge on any atom is 0.250 e. The van der Waals surface area contributed by atoms with Crippen molar-refractivity contribution >= 4 is 21.4 Å². The summed E-state index contributed by atoms with van der Waals surface area (Å²) in [6.45, 7) is 3.02. The molecule has 2 saturated heterocycles. The first-order chi connectivity index (χ1) is 12.5. The number of piperidine rings is 1. The van der Waals surface area contributed by atoms with Crippen molar-refractivity contribution in [2.24, 2.45) is 0 Å². The maximum atomic E-state index is 12.7. The third kappa shape index (κ3) is 3.74. The molecule has 140 valence electrons. The fraction of sp³-hybridized carbons (Fsp3) is 0.500. The van der Waals surface area contributed by atoms with Crippen LogP contribution in [0.5, 0.6) is 0 Å². The Morgan fingerprint density at radius 1 is 1.08 bits per heavy atom. The van der Waals surface area contributed by atoms with Crippen molar-refractivity contribution in [1.29, 1.82) is 0 Å². The average Bonchev–Trinajstić information content (AvgIpc) is 3.20. The molecule has 2 unspecified atom stereocenters. The third-order valence-electron chi connectivity index (χ3n) is 5.66. The molecule has 0 amide bonds. The van der Waals surface area contributed by atoms with Crippen molar-refractivity contribution < 1.29 is 8.42 Å². The summed E-state index contributed by atoms with van der Waals surface area (Å²) >= 11 is 1.39. The molecule has 26 heavy (non-hydrogen) atoms. The monoisotopic (exact) mass is 390 g/mol. The van der Waals surface area contributed by atoms with Crippen LogP contribution in [0.2, 0.25) is 0 Å². The standard InChI is InChI=1S/C20H26N2O2S2/c1-2-19-10-11-20(25-19)26(23,24)21-16-12-17-8-9-18(13-16)22(17)14-15-6-4-3-5-7-15/h3-7,10-11,16-18,21H,2,8-9,12-14H2,1H3. The lowest BCUT2D eigenvalue weighted by molar-refractivity contribution is 0.115. The smallest absolute Gasteiger partial charge is 0.250 e. The van der Waals surface area contributed by atoms with E-state index in [-0.39, 0.29) is 6.04 Å². The van der Waals surface area contributed by atoms with Crippen LogP contribution >= 0.6 is 11.3 Å². The number of hydrogen-bond acceptors (Lipinski definition) is 4. The number of benzene rings is 1. The van der Waals surface area contributed by atoms with Crippen molar-refractivity contribution in [3.8, 4) is 0 Å². The summed E-state index contributed by atoms with van der Waals surface area (Å²) < 4.78 is 28.9. The number of aryl methyl sites for hydroxylation is 1. The van der Waals surface area contributed by atoms with Gasteiger partial charge in [-0.2, -0.15) is 0 Å². The van der Waals surface area contributed by atoms with Gasteiger partial charge in [-0.05, 0) is 49.8 Å². The number of nitrogens with one attached hydrogen (secondary N) is 1. The Morgan fingerprint density at radius 2 is 1.77 bits per heavy atom. The van der Waals surface area contributed by atoms with Crippen LogP contribution in [0.3, 0.4) is 0 Å². The van der Waals surface area contributed by atoms with E-state index in [0.717, 1.165) is 30.7 Å². The molecule has 2 aliphatic rings. The van der Waals surface area contributed by atoms with Crippen molar-refractivity contribution in [3.63, 3.8) is 0 Å². The van der Waals surface area contributed by atoms with E-state index < -0.39 is 10.0 Å². The molecule has 4 rings (SSSR count). The topological polar surface area (TPSA) is 49.4 Å². The molecule has 0 spiro atoms. The molecule has 1 aromatic carbocycles. The first kappa shape index (κ1) is 18.2. The van der Waals surface area contributed by atoms with Gasteiger partial charge in [-0.3, -0.25) is 4.90 Å². The second kappa shape index (κ2) is 7.43. The number of hydrogen-bond donors (Lipinski definition) is 1. The van der Waals surface area contributed by atoms with E-state index in [1.54, 1.807) is 6.07 Å². The summed E-state index contributed by atoms with van der Waals surface area (Å²) in [6, 6.07) is 15.3. The summed E-state index contributed by atoms with van der Waals surface area (Å²) in [6.07, 6.45) is 5.05. The van der Waals surface area contributed by atoms with Crippen molar-refractivity contribution in [2.45, 2.75) is 67.9 Å². The van der Waals surface area contributed by atoms with Crippen LogP contribution < -0.4 is 4.72 Å². The zero-order valence-electron chi connectivity index (χ0n) is 15.1. The van der Waals surface area contributed by atoms with Crippen molar-refractivity contribution in [2.75, 3.05) is 0 Å². The highest BCUT2D eigenvalue weighted by Gasteiger charge is 2.41. The molecular formula is C20H26N2O2S2. The molecule has 3 heterocycles. The van der Waals surface area contributed by atoms with Gasteiger partial charge in [0.1, 0.15) is 4.21 Å². The van der Waals surface area contributed by atoms with Crippen LogP contribution in [-0.4, -0.2) is 31.4 Å². The lowest BCUT2D eigenvalue weighted by atomic mass is 9.97. The molecule has 1 aromatic heterocycles. The van der Waals surface area contributed by atoms with Gasteiger partial charge >= 0.3 is 0 Å². The molecule has 1 N–H and O–H groups in total. The lowest BCUT2D eigenvalue weighted by Gasteiger charge is -2.39. The Morgan fingerprint density at radius 3 is 2.38 bits per heavy atom. The van der Waals surface area contributed by atoms with Crippen molar-refractivity contribution in [3.05, 3.63) is 52.9 Å². The second-order valence-corrected chi connectivity index (χ2v) is 10.5. The molecule has 2 aliphatic heterocycles. The first-order valence-corrected chi connectivity index (χ1v) is 11.8. The minimum Gasteiger partial charge on any atom is -0.293 e. The Hall–Kier alpha value is -1.21. The van der Waals surface area contributed by atoms with Gasteiger partial charge in [0.15, 0.2) is 0 Å². The minimum absolute atomic E-state index is 0.0525. The van der Waals surface area contributed by atoms with Gasteiger partial charge in [0.2, 0.25) is 10.0 Å². The van der Waals surface area contributed by atoms with E-state index in [4.69, 9.17) is 0 Å². The van der Waals surface area contributed by atoms with Gasteiger partial charge < -0.3 is 0 Å². The average molecular weight is 391 g/mol. The maximum absolute atomic E-state index is 12.7. The van der Waals surface area contributed by atoms with E-state index in [1.165, 1.54) is 29.7 Å². The fourth-order valence-electron chi connectivity index (χ4n) is 4.39. The molecule has 0 saturated carbocycles. The van der Waals surface area contributed by atoms with E-state index in [2.05, 4.69) is 40.8 Å². The normalized spacial score (nSPS) is 26.3. The zero-order valence-corrected chi connectivity index (χ0v) is 16.7. The Bertz CT molecular complexity index is 834. The molecule has 0 aliphatic carbocycles. The van der Waals surface area contributed by atoms with Crippen LogP contribution in [0.1, 0.15) is 43.0 Å². The Labute approximate surface area is 160 Å². The lowest BCUT2D eigenvalue weighted by Crippen LogP contribution is -2.49. The fourth-order valence-corrected chi connectivity index (χ4v) is 6.97. The van der Waals surface area contributed by atoms with Gasteiger partial charge in [0.25, 0.3) is 0 Å². The van der Waals surface area contributed by atoms with Crippen LogP contribution in [0, 0.1) is 0 Å². The number of thiophene rings is 1. The van der Waals surface area contributed by atoms with Crippen LogP contribution in [0.25, 0.3) is 0 Å². The molecule has 0 radical (unpaired) electrons. The predicted molar refractivity (Wildman–Crippen MR) is 106 cm³/mol. The van der Waals surface area contributed by atoms with Crippen LogP contribution in [0.15, 0.2) is 46.7 Å². The molecule has 4 nitrogen and oxygen atoms in total. The van der Waals surface area contributed by atoms with Gasteiger partial charge in [-0.1, -0.05) is 37.3 Å². The van der Waals surface area contributed by atoms with E-state index in [9.17, 15) is 8.42 Å². The largest absolute Gasteiger partial charge is 0.293 e. The summed E-state index contributed by atoms with van der Waals surface area (Å²) in [7, 11) is -3.39. The molecule has 2 aromatic rings. The van der Waals surface area contributed by atoms with Gasteiger partial charge in [0.05, 0.1) is 0 Å². The Balaban J connectivity index is 1.42. The van der Waals surface area contributed by atoms with E-state index >= 15 is 0 Å². The third-order valence-corrected chi connectivity index (χ3v) is 8.91. The van der Waals surface area contributed by atoms with Crippen molar-refractivity contribution in [1.82, 2.24) is 9.62 Å². The molecule has 2 fully saturated rings. The van der Waals surface area contributed by atoms with E-state index in [0.29, 0.717) is 16.3 Å². The highest BCUT2D eigenvalue weighted by Crippen LogP contribution is 2.37. The molecule has 2 bridgehead atoms. The van der Waals surface area contributed by atoms with Crippen LogP contribution in [-0.2, 0) is 23.0 Å². The van der Waals surface area contributed by atoms with Gasteiger partial charge in [-0.25, -0.2) is 13.1 Å². The molecular weight excluding hydrogens is 364 g/mol. The second-order valence-electron chi connectivity index (χ2n) is 7.41. The summed E-state index contributed by atoms with van der Waals surface area (Å²) in [5, 5.41) is 0. The molecule has 2 atom stereocenters. The van der Waals surface area contributed by atoms with Crippen LogP contribution in [0.4, 0.5) is 0 Å². The summed E-state index contributed by atoms with van der Waals surface area (Å²) in [5.74, 6) is 0. The molecule has 6 heteroatoms. The van der Waals surface area contributed by atoms with E-state index in [1.807, 2.05) is 12.1 Å². The highest BCUT2D eigenvalue weighted by atomic mass is 32.2. The number of sulfonamides is 1. The van der Waals surface area contributed by atoms with Gasteiger partial charge in [-0.15, -0.1) is 11.3 Å². The zero-order chi connectivity index (χ0) is 18.1. The minimum atomic E-state index is -3.39. The SMILES string of the molecule is CCc1ccc(S(=O)(=O)NC2CC3CCC(C2)N3Cc2ccccc2)s1.